The second-order valence-electron chi connectivity index (χ2n) is 7.54. The molecule has 0 unspecified atom stereocenters. The van der Waals surface area contributed by atoms with Gasteiger partial charge in [0.05, 0.1) is 12.6 Å². The summed E-state index contributed by atoms with van der Waals surface area (Å²) < 4.78 is 28.2. The van der Waals surface area contributed by atoms with Crippen molar-refractivity contribution in [2.45, 2.75) is 57.4 Å². The van der Waals surface area contributed by atoms with Gasteiger partial charge in [0, 0.05) is 12.6 Å². The molecule has 0 aliphatic carbocycles. The van der Waals surface area contributed by atoms with E-state index in [0.717, 1.165) is 5.56 Å². The molecule has 1 aromatic carbocycles. The van der Waals surface area contributed by atoms with Gasteiger partial charge in [-0.15, -0.1) is 0 Å². The highest BCUT2D eigenvalue weighted by Crippen LogP contribution is 2.34. The quantitative estimate of drug-likeness (QED) is 0.916. The summed E-state index contributed by atoms with van der Waals surface area (Å²) in [7, 11) is -1.71. The molecule has 0 aromatic heterocycles. The Bertz CT molecular complexity index is 633. The molecule has 2 rings (SSSR count). The largest absolute Gasteiger partial charge is 0.297 e. The molecule has 1 fully saturated rings. The molecule has 1 saturated heterocycles. The number of nitrogens with zero attached hydrogens (tertiary/aromatic N) is 1. The Morgan fingerprint density at radius 1 is 1.22 bits per heavy atom. The molecule has 1 aliphatic rings. The van der Waals surface area contributed by atoms with Crippen LogP contribution in [0, 0.1) is 0 Å². The van der Waals surface area contributed by atoms with Crippen molar-refractivity contribution in [1.29, 1.82) is 0 Å². The van der Waals surface area contributed by atoms with Crippen LogP contribution in [0.25, 0.3) is 0 Å². The van der Waals surface area contributed by atoms with E-state index in [9.17, 15) is 8.42 Å². The monoisotopic (exact) mass is 340 g/mol. The van der Waals surface area contributed by atoms with E-state index >= 15 is 0 Å². The molecule has 2 atom stereocenters. The zero-order valence-electron chi connectivity index (χ0n) is 14.8. The van der Waals surface area contributed by atoms with Gasteiger partial charge in [-0.1, -0.05) is 38.1 Å². The van der Waals surface area contributed by atoms with E-state index in [2.05, 4.69) is 30.7 Å². The van der Waals surface area contributed by atoms with Crippen molar-refractivity contribution in [3.63, 3.8) is 0 Å². The Morgan fingerprint density at radius 2 is 1.78 bits per heavy atom. The lowest BCUT2D eigenvalue weighted by Gasteiger charge is -2.27. The van der Waals surface area contributed by atoms with Gasteiger partial charge in [0.25, 0.3) is 0 Å². The first-order valence-electron chi connectivity index (χ1n) is 7.99. The van der Waals surface area contributed by atoms with Crippen molar-refractivity contribution < 1.29 is 13.3 Å². The maximum Gasteiger partial charge on any atom is 0.219 e. The number of hydroxylamine groups is 2. The average Bonchev–Trinajstić information content (AvgIpc) is 2.79. The molecule has 130 valence electrons. The Hall–Kier alpha value is -0.950. The first-order valence-corrected chi connectivity index (χ1v) is 9.54. The van der Waals surface area contributed by atoms with Gasteiger partial charge in [-0.25, -0.2) is 13.1 Å². The number of hydrogen-bond donors (Lipinski definition) is 1. The van der Waals surface area contributed by atoms with Crippen molar-refractivity contribution in [2.75, 3.05) is 13.7 Å². The molecule has 1 aliphatic heterocycles. The van der Waals surface area contributed by atoms with Gasteiger partial charge < -0.3 is 0 Å². The third-order valence-electron chi connectivity index (χ3n) is 3.98. The van der Waals surface area contributed by atoms with Crippen molar-refractivity contribution in [3.05, 3.63) is 35.4 Å². The predicted octanol–water partition coefficient (Wildman–Crippen LogP) is 2.81. The molecule has 0 saturated carbocycles. The maximum atomic E-state index is 12.7. The molecule has 0 bridgehead atoms. The van der Waals surface area contributed by atoms with E-state index in [1.165, 1.54) is 5.56 Å². The third kappa shape index (κ3) is 4.32. The molecular formula is C17H28N2O3S. The van der Waals surface area contributed by atoms with E-state index in [1.807, 2.05) is 32.9 Å². The molecule has 23 heavy (non-hydrogen) atoms. The molecule has 0 amide bonds. The average molecular weight is 340 g/mol. The zero-order chi connectivity index (χ0) is 17.4. The topological polar surface area (TPSA) is 58.6 Å². The van der Waals surface area contributed by atoms with Gasteiger partial charge in [0.1, 0.15) is 5.25 Å². The van der Waals surface area contributed by atoms with Crippen LogP contribution in [-0.4, -0.2) is 37.9 Å². The van der Waals surface area contributed by atoms with Crippen molar-refractivity contribution in [1.82, 2.24) is 9.79 Å². The lowest BCUT2D eigenvalue weighted by atomic mass is 9.98. The lowest BCUT2D eigenvalue weighted by molar-refractivity contribution is -0.110. The molecule has 0 spiro atoms. The first-order chi connectivity index (χ1) is 10.5. The van der Waals surface area contributed by atoms with Gasteiger partial charge in [-0.05, 0) is 37.8 Å². The highest BCUT2D eigenvalue weighted by molar-refractivity contribution is 7.90. The summed E-state index contributed by atoms with van der Waals surface area (Å²) in [4.78, 5) is 5.53. The minimum absolute atomic E-state index is 0.165. The fraction of sp³-hybridized carbons (Fsp3) is 0.647. The second kappa shape index (κ2) is 6.51. The highest BCUT2D eigenvalue weighted by Gasteiger charge is 2.44. The van der Waals surface area contributed by atoms with E-state index < -0.39 is 20.8 Å². The number of nitrogens with one attached hydrogen (secondary N) is 1. The van der Waals surface area contributed by atoms with Crippen LogP contribution in [-0.2, 0) is 14.9 Å². The minimum atomic E-state index is -3.49. The molecule has 1 heterocycles. The predicted molar refractivity (Wildman–Crippen MR) is 92.6 cm³/mol. The Kier molecular flexibility index (Phi) is 5.21. The first kappa shape index (κ1) is 18.4. The number of rotatable bonds is 4. The Labute approximate surface area is 140 Å². The zero-order valence-corrected chi connectivity index (χ0v) is 15.6. The number of benzene rings is 1. The van der Waals surface area contributed by atoms with Crippen LogP contribution >= 0.6 is 0 Å². The Balaban J connectivity index is 2.31. The SMILES string of the molecule is CC(C)c1ccc([C@H]2[C@@H](S(=O)(=O)NC(C)(C)C)CON2C)cc1. The van der Waals surface area contributed by atoms with Gasteiger partial charge in [0.15, 0.2) is 0 Å². The van der Waals surface area contributed by atoms with Crippen LogP contribution in [0.15, 0.2) is 24.3 Å². The van der Waals surface area contributed by atoms with Crippen LogP contribution < -0.4 is 4.72 Å². The third-order valence-corrected chi connectivity index (χ3v) is 6.07. The molecule has 0 radical (unpaired) electrons. The number of hydrogen-bond acceptors (Lipinski definition) is 4. The lowest BCUT2D eigenvalue weighted by Crippen LogP contribution is -2.47. The summed E-state index contributed by atoms with van der Waals surface area (Å²) in [5, 5.41) is 1.02. The summed E-state index contributed by atoms with van der Waals surface area (Å²) in [6.45, 7) is 9.97. The standard InChI is InChI=1S/C17H28N2O3S/c1-12(2)13-7-9-14(10-8-13)16-15(11-22-19(16)6)23(20,21)18-17(3,4)5/h7-10,12,15-16,18H,11H2,1-6H3/t15-,16-/m0/s1. The fourth-order valence-electron chi connectivity index (χ4n) is 2.86. The maximum absolute atomic E-state index is 12.7. The molecule has 1 N–H and O–H groups in total. The van der Waals surface area contributed by atoms with Crippen LogP contribution in [0.2, 0.25) is 0 Å². The summed E-state index contributed by atoms with van der Waals surface area (Å²) in [6, 6.07) is 7.83. The van der Waals surface area contributed by atoms with Gasteiger partial charge in [0.2, 0.25) is 10.0 Å². The van der Waals surface area contributed by atoms with Gasteiger partial charge in [-0.2, -0.15) is 5.06 Å². The Morgan fingerprint density at radius 3 is 2.26 bits per heavy atom. The van der Waals surface area contributed by atoms with E-state index in [0.29, 0.717) is 5.92 Å². The molecule has 6 heteroatoms. The van der Waals surface area contributed by atoms with Crippen molar-refractivity contribution in [2.24, 2.45) is 0 Å². The van der Waals surface area contributed by atoms with Gasteiger partial charge >= 0.3 is 0 Å². The fourth-order valence-corrected chi connectivity index (χ4v) is 4.77. The van der Waals surface area contributed by atoms with Crippen molar-refractivity contribution >= 4 is 10.0 Å². The van der Waals surface area contributed by atoms with Crippen LogP contribution in [0.4, 0.5) is 0 Å². The van der Waals surface area contributed by atoms with Crippen LogP contribution in [0.5, 0.6) is 0 Å². The van der Waals surface area contributed by atoms with Gasteiger partial charge in [-0.3, -0.25) is 4.84 Å². The molecule has 5 nitrogen and oxygen atoms in total. The van der Waals surface area contributed by atoms with Crippen molar-refractivity contribution in [3.8, 4) is 0 Å². The smallest absolute Gasteiger partial charge is 0.219 e. The normalized spacial score (nSPS) is 23.6. The highest BCUT2D eigenvalue weighted by atomic mass is 32.2. The van der Waals surface area contributed by atoms with E-state index in [4.69, 9.17) is 4.84 Å². The molecular weight excluding hydrogens is 312 g/mol. The molecule has 1 aromatic rings. The summed E-state index contributed by atoms with van der Waals surface area (Å²) >= 11 is 0. The van der Waals surface area contributed by atoms with E-state index in [1.54, 1.807) is 12.1 Å². The van der Waals surface area contributed by atoms with Crippen LogP contribution in [0.1, 0.15) is 57.7 Å². The summed E-state index contributed by atoms with van der Waals surface area (Å²) in [5.41, 5.74) is 1.69. The summed E-state index contributed by atoms with van der Waals surface area (Å²) in [6.07, 6.45) is 0. The number of sulfonamides is 1. The minimum Gasteiger partial charge on any atom is -0.297 e. The van der Waals surface area contributed by atoms with Crippen LogP contribution in [0.3, 0.4) is 0 Å². The van der Waals surface area contributed by atoms with E-state index in [-0.39, 0.29) is 12.6 Å². The second-order valence-corrected chi connectivity index (χ2v) is 9.44. The summed E-state index contributed by atoms with van der Waals surface area (Å²) in [5.74, 6) is 0.448.